The third-order valence-electron chi connectivity index (χ3n) is 2.90. The van der Waals surface area contributed by atoms with Crippen LogP contribution in [0.4, 0.5) is 11.7 Å². The molecule has 1 heterocycles. The third-order valence-corrected chi connectivity index (χ3v) is 2.90. The number of fused-ring (bicyclic) bond motifs is 1. The first-order valence-corrected chi connectivity index (χ1v) is 6.55. The van der Waals surface area contributed by atoms with E-state index < -0.39 is 0 Å². The second-order valence-corrected chi connectivity index (χ2v) is 5.06. The van der Waals surface area contributed by atoms with Gasteiger partial charge >= 0.3 is 0 Å². The summed E-state index contributed by atoms with van der Waals surface area (Å²) in [6.07, 6.45) is 3.64. The largest absolute Gasteiger partial charge is 0.424 e. The minimum atomic E-state index is 0.583. The van der Waals surface area contributed by atoms with Crippen LogP contribution < -0.4 is 11.1 Å². The van der Waals surface area contributed by atoms with Crippen molar-refractivity contribution in [3.8, 4) is 0 Å². The summed E-state index contributed by atoms with van der Waals surface area (Å²) in [5.41, 5.74) is 7.98. The number of unbranched alkanes of at least 4 members (excludes halogenated alkanes) is 1. The molecule has 1 aromatic carbocycles. The zero-order valence-corrected chi connectivity index (χ0v) is 11.1. The molecule has 1 aromatic heterocycles. The minimum absolute atomic E-state index is 0.583. The first-order valence-electron chi connectivity index (χ1n) is 6.55. The summed E-state index contributed by atoms with van der Waals surface area (Å²) in [4.78, 5) is 4.35. The van der Waals surface area contributed by atoms with E-state index in [2.05, 4.69) is 24.1 Å². The number of nitrogens with two attached hydrogens (primary N) is 1. The van der Waals surface area contributed by atoms with Gasteiger partial charge in [-0.3, -0.25) is 0 Å². The fourth-order valence-electron chi connectivity index (χ4n) is 1.89. The Kier molecular flexibility index (Phi) is 4.07. The monoisotopic (exact) mass is 247 g/mol. The van der Waals surface area contributed by atoms with Crippen LogP contribution in [0.2, 0.25) is 0 Å². The number of nitrogens with zero attached hydrogens (tertiary/aromatic N) is 1. The maximum absolute atomic E-state index is 5.70. The Morgan fingerprint density at radius 1 is 1.33 bits per heavy atom. The average molecular weight is 247 g/mol. The summed E-state index contributed by atoms with van der Waals surface area (Å²) in [6, 6.07) is 6.07. The number of nitrogens with one attached hydrogen (secondary N) is 1. The Bertz CT molecular complexity index is 505. The number of oxazole rings is 1. The van der Waals surface area contributed by atoms with E-state index in [1.807, 2.05) is 18.2 Å². The molecule has 98 valence electrons. The van der Waals surface area contributed by atoms with Crippen LogP contribution in [0.3, 0.4) is 0 Å². The van der Waals surface area contributed by atoms with Gasteiger partial charge in [0.2, 0.25) is 0 Å². The summed E-state index contributed by atoms with van der Waals surface area (Å²) in [5, 5.41) is 3.21. The van der Waals surface area contributed by atoms with Gasteiger partial charge in [-0.2, -0.15) is 4.98 Å². The molecule has 0 spiro atoms. The normalized spacial score (nSPS) is 11.3. The molecule has 2 aromatic rings. The van der Waals surface area contributed by atoms with Gasteiger partial charge in [0.1, 0.15) is 5.52 Å². The van der Waals surface area contributed by atoms with Crippen LogP contribution in [0.25, 0.3) is 11.1 Å². The fourth-order valence-corrected chi connectivity index (χ4v) is 1.89. The van der Waals surface area contributed by atoms with Gasteiger partial charge in [0.05, 0.1) is 0 Å². The van der Waals surface area contributed by atoms with Gasteiger partial charge in [0.15, 0.2) is 5.58 Å². The topological polar surface area (TPSA) is 64.1 Å². The second-order valence-electron chi connectivity index (χ2n) is 5.06. The molecule has 0 bridgehead atoms. The number of aromatic nitrogens is 1. The molecular weight excluding hydrogens is 226 g/mol. The van der Waals surface area contributed by atoms with Crippen molar-refractivity contribution in [3.63, 3.8) is 0 Å². The second kappa shape index (κ2) is 5.76. The summed E-state index contributed by atoms with van der Waals surface area (Å²) in [6.45, 7) is 5.40. The molecule has 0 amide bonds. The fraction of sp³-hybridized carbons (Fsp3) is 0.500. The Labute approximate surface area is 108 Å². The highest BCUT2D eigenvalue weighted by Gasteiger charge is 2.04. The third kappa shape index (κ3) is 3.39. The molecule has 0 unspecified atom stereocenters. The van der Waals surface area contributed by atoms with Crippen molar-refractivity contribution in [2.24, 2.45) is 5.92 Å². The Morgan fingerprint density at radius 3 is 2.94 bits per heavy atom. The molecule has 2 rings (SSSR count). The molecule has 0 atom stereocenters. The first-order chi connectivity index (χ1) is 8.65. The summed E-state index contributed by atoms with van der Waals surface area (Å²) < 4.78 is 5.57. The highest BCUT2D eigenvalue weighted by Crippen LogP contribution is 2.20. The number of hydrogen-bond acceptors (Lipinski definition) is 4. The van der Waals surface area contributed by atoms with Crippen molar-refractivity contribution in [1.29, 1.82) is 0 Å². The van der Waals surface area contributed by atoms with Gasteiger partial charge in [0.25, 0.3) is 6.01 Å². The van der Waals surface area contributed by atoms with Crippen molar-refractivity contribution < 1.29 is 4.42 Å². The molecule has 0 saturated heterocycles. The highest BCUT2D eigenvalue weighted by molar-refractivity contribution is 5.78. The maximum Gasteiger partial charge on any atom is 0.295 e. The van der Waals surface area contributed by atoms with Crippen molar-refractivity contribution in [3.05, 3.63) is 18.2 Å². The molecule has 0 aliphatic carbocycles. The molecule has 4 heteroatoms. The van der Waals surface area contributed by atoms with Crippen LogP contribution in [-0.4, -0.2) is 11.5 Å². The maximum atomic E-state index is 5.70. The lowest BCUT2D eigenvalue weighted by molar-refractivity contribution is 0.541. The van der Waals surface area contributed by atoms with E-state index in [0.717, 1.165) is 30.0 Å². The van der Waals surface area contributed by atoms with Crippen molar-refractivity contribution in [2.45, 2.75) is 33.1 Å². The minimum Gasteiger partial charge on any atom is -0.424 e. The van der Waals surface area contributed by atoms with Gasteiger partial charge in [-0.15, -0.1) is 0 Å². The van der Waals surface area contributed by atoms with E-state index >= 15 is 0 Å². The zero-order chi connectivity index (χ0) is 13.0. The zero-order valence-electron chi connectivity index (χ0n) is 11.1. The number of benzene rings is 1. The Hall–Kier alpha value is -1.71. The quantitative estimate of drug-likeness (QED) is 0.604. The number of nitrogen functional groups attached to an aromatic ring is 1. The van der Waals surface area contributed by atoms with Crippen LogP contribution in [0.1, 0.15) is 33.1 Å². The highest BCUT2D eigenvalue weighted by atomic mass is 16.4. The molecule has 18 heavy (non-hydrogen) atoms. The first kappa shape index (κ1) is 12.7. The summed E-state index contributed by atoms with van der Waals surface area (Å²) >= 11 is 0. The lowest BCUT2D eigenvalue weighted by atomic mass is 10.1. The van der Waals surface area contributed by atoms with Crippen LogP contribution in [0.5, 0.6) is 0 Å². The van der Waals surface area contributed by atoms with E-state index in [1.165, 1.54) is 12.8 Å². The van der Waals surface area contributed by atoms with Crippen molar-refractivity contribution >= 4 is 22.8 Å². The lowest BCUT2D eigenvalue weighted by Gasteiger charge is -2.04. The van der Waals surface area contributed by atoms with Crippen molar-refractivity contribution in [1.82, 2.24) is 4.98 Å². The molecule has 0 aliphatic rings. The van der Waals surface area contributed by atoms with Crippen LogP contribution in [0, 0.1) is 5.92 Å². The van der Waals surface area contributed by atoms with Gasteiger partial charge in [0, 0.05) is 12.2 Å². The molecular formula is C14H21N3O. The lowest BCUT2D eigenvalue weighted by Crippen LogP contribution is -2.02. The van der Waals surface area contributed by atoms with Crippen LogP contribution in [-0.2, 0) is 0 Å². The van der Waals surface area contributed by atoms with E-state index in [0.29, 0.717) is 11.7 Å². The number of rotatable bonds is 6. The molecule has 0 aliphatic heterocycles. The predicted octanol–water partition coefficient (Wildman–Crippen LogP) is 3.65. The molecule has 0 fully saturated rings. The van der Waals surface area contributed by atoms with Gasteiger partial charge in [-0.05, 0) is 30.5 Å². The van der Waals surface area contributed by atoms with E-state index in [4.69, 9.17) is 10.2 Å². The molecule has 3 N–H and O–H groups in total. The van der Waals surface area contributed by atoms with Crippen LogP contribution in [0.15, 0.2) is 22.6 Å². The van der Waals surface area contributed by atoms with E-state index in [9.17, 15) is 0 Å². The van der Waals surface area contributed by atoms with E-state index in [-0.39, 0.29) is 0 Å². The number of anilines is 2. The summed E-state index contributed by atoms with van der Waals surface area (Å²) in [5.74, 6) is 0.775. The number of hydrogen-bond donors (Lipinski definition) is 2. The molecule has 0 saturated carbocycles. The molecule has 4 nitrogen and oxygen atoms in total. The van der Waals surface area contributed by atoms with Gasteiger partial charge in [-0.25, -0.2) is 0 Å². The summed E-state index contributed by atoms with van der Waals surface area (Å²) in [7, 11) is 0. The molecule has 0 radical (unpaired) electrons. The SMILES string of the molecule is CC(C)CCCCNc1nc2cc(N)ccc2o1. The van der Waals surface area contributed by atoms with Crippen molar-refractivity contribution in [2.75, 3.05) is 17.6 Å². The Morgan fingerprint density at radius 2 is 2.17 bits per heavy atom. The standard InChI is InChI=1S/C14H21N3O/c1-10(2)5-3-4-8-16-14-17-12-9-11(15)6-7-13(12)18-14/h6-7,9-10H,3-5,8,15H2,1-2H3,(H,16,17). The average Bonchev–Trinajstić information content (AvgIpc) is 2.70. The Balaban J connectivity index is 1.84. The van der Waals surface area contributed by atoms with Crippen LogP contribution >= 0.6 is 0 Å². The van der Waals surface area contributed by atoms with Gasteiger partial charge < -0.3 is 15.5 Å². The van der Waals surface area contributed by atoms with Gasteiger partial charge in [-0.1, -0.05) is 26.7 Å². The van der Waals surface area contributed by atoms with E-state index in [1.54, 1.807) is 0 Å². The predicted molar refractivity (Wildman–Crippen MR) is 75.6 cm³/mol. The smallest absolute Gasteiger partial charge is 0.295 e.